The monoisotopic (exact) mass is 482 g/mol. The summed E-state index contributed by atoms with van der Waals surface area (Å²) in [6, 6.07) is 43.6. The number of hydrogen-bond donors (Lipinski definition) is 0. The van der Waals surface area contributed by atoms with Crippen molar-refractivity contribution in [2.24, 2.45) is 0 Å². The molecule has 0 saturated carbocycles. The van der Waals surface area contributed by atoms with Gasteiger partial charge in [0.15, 0.2) is 0 Å². The molecule has 0 unspecified atom stereocenters. The third-order valence-corrected chi connectivity index (χ3v) is 20.4. The highest BCUT2D eigenvalue weighted by Gasteiger charge is 2.64. The maximum Gasteiger partial charge on any atom is 0.282 e. The van der Waals surface area contributed by atoms with Crippen LogP contribution in [-0.2, 0) is 8.85 Å². The van der Waals surface area contributed by atoms with Gasteiger partial charge in [0, 0.05) is 13.2 Å². The van der Waals surface area contributed by atoms with E-state index in [-0.39, 0.29) is 0 Å². The molecule has 4 heteroatoms. The molecule has 0 aliphatic rings. The summed E-state index contributed by atoms with van der Waals surface area (Å²) in [6.45, 7) is 5.77. The van der Waals surface area contributed by atoms with Crippen LogP contribution in [0, 0.1) is 0 Å². The second-order valence-corrected chi connectivity index (χ2v) is 18.4. The van der Waals surface area contributed by atoms with E-state index in [9.17, 15) is 0 Å². The molecule has 34 heavy (non-hydrogen) atoms. The molecule has 4 rings (SSSR count). The van der Waals surface area contributed by atoms with Crippen molar-refractivity contribution in [2.45, 2.75) is 26.7 Å². The van der Waals surface area contributed by atoms with Crippen molar-refractivity contribution in [3.63, 3.8) is 0 Å². The quantitative estimate of drug-likeness (QED) is 0.294. The first-order chi connectivity index (χ1) is 16.8. The molecule has 174 valence electrons. The molecule has 0 saturated heterocycles. The van der Waals surface area contributed by atoms with Crippen LogP contribution in [0.2, 0.25) is 0 Å². The summed E-state index contributed by atoms with van der Waals surface area (Å²) in [5, 5.41) is 5.07. The Bertz CT molecular complexity index is 948. The minimum atomic E-state index is -2.95. The van der Waals surface area contributed by atoms with Crippen molar-refractivity contribution in [1.29, 1.82) is 0 Å². The minimum Gasteiger partial charge on any atom is -0.407 e. The highest BCUT2D eigenvalue weighted by Crippen LogP contribution is 2.24. The normalized spacial score (nSPS) is 11.9. The third kappa shape index (κ3) is 4.47. The van der Waals surface area contributed by atoms with E-state index >= 15 is 0 Å². The van der Waals surface area contributed by atoms with Gasteiger partial charge in [-0.1, -0.05) is 135 Å². The van der Waals surface area contributed by atoms with E-state index in [1.165, 1.54) is 20.7 Å². The fraction of sp³-hybridized carbons (Fsp3) is 0.200. The first kappa shape index (κ1) is 24.4. The molecule has 0 amide bonds. The van der Waals surface area contributed by atoms with E-state index in [0.29, 0.717) is 13.2 Å². The maximum absolute atomic E-state index is 7.30. The lowest BCUT2D eigenvalue weighted by Crippen LogP contribution is -2.88. The predicted octanol–water partition coefficient (Wildman–Crippen LogP) is 4.44. The van der Waals surface area contributed by atoms with E-state index in [2.05, 4.69) is 135 Å². The van der Waals surface area contributed by atoms with E-state index in [4.69, 9.17) is 8.85 Å². The van der Waals surface area contributed by atoms with Gasteiger partial charge >= 0.3 is 0 Å². The molecule has 0 aliphatic carbocycles. The van der Waals surface area contributed by atoms with Gasteiger partial charge in [0.25, 0.3) is 15.7 Å². The molecular weight excluding hydrogens is 449 g/mol. The second-order valence-electron chi connectivity index (χ2n) is 8.52. The molecule has 0 N–H and O–H groups in total. The Balaban J connectivity index is 2.18. The fourth-order valence-corrected chi connectivity index (χ4v) is 20.6. The topological polar surface area (TPSA) is 18.5 Å². The SMILES string of the molecule is CCCO[Si](c1ccccc1)(c1ccccc1)[Si](OCCC)(c1ccccc1)c1ccccc1. The van der Waals surface area contributed by atoms with Crippen LogP contribution in [-0.4, -0.2) is 28.9 Å². The zero-order chi connectivity index (χ0) is 23.7. The standard InChI is InChI=1S/C30H34O2Si2/c1-3-25-31-33(27-17-9-5-10-18-27,28-19-11-6-12-20-28)34(32-26-4-2,29-21-13-7-14-22-29)30-23-15-8-16-24-30/h5-24H,3-4,25-26H2,1-2H3. The number of rotatable bonds is 11. The van der Waals surface area contributed by atoms with Gasteiger partial charge in [-0.05, 0) is 33.6 Å². The first-order valence-electron chi connectivity index (χ1n) is 12.3. The highest BCUT2D eigenvalue weighted by molar-refractivity contribution is 7.55. The summed E-state index contributed by atoms with van der Waals surface area (Å²) in [5.41, 5.74) is 0. The number of hydrogen-bond acceptors (Lipinski definition) is 2. The van der Waals surface area contributed by atoms with Gasteiger partial charge in [0.05, 0.1) is 0 Å². The lowest BCUT2D eigenvalue weighted by Gasteiger charge is -2.47. The molecule has 0 radical (unpaired) electrons. The zero-order valence-corrected chi connectivity index (χ0v) is 22.2. The van der Waals surface area contributed by atoms with E-state index < -0.39 is 15.7 Å². The van der Waals surface area contributed by atoms with Crippen LogP contribution >= 0.6 is 0 Å². The van der Waals surface area contributed by atoms with E-state index in [0.717, 1.165) is 12.8 Å². The smallest absolute Gasteiger partial charge is 0.282 e. The molecule has 0 atom stereocenters. The molecular formula is C30H34O2Si2. The number of benzene rings is 4. The van der Waals surface area contributed by atoms with Crippen LogP contribution in [0.1, 0.15) is 26.7 Å². The summed E-state index contributed by atoms with van der Waals surface area (Å²) in [5.74, 6) is 0. The summed E-state index contributed by atoms with van der Waals surface area (Å²) in [7, 11) is -5.90. The molecule has 2 nitrogen and oxygen atoms in total. The van der Waals surface area contributed by atoms with Crippen molar-refractivity contribution in [3.8, 4) is 0 Å². The molecule has 0 spiro atoms. The Hall–Kier alpha value is -2.77. The summed E-state index contributed by atoms with van der Waals surface area (Å²) >= 11 is 0. The highest BCUT2D eigenvalue weighted by atomic mass is 29.3. The van der Waals surface area contributed by atoms with Crippen LogP contribution in [0.15, 0.2) is 121 Å². The fourth-order valence-electron chi connectivity index (χ4n) is 4.88. The minimum absolute atomic E-state index is 0.694. The van der Waals surface area contributed by atoms with Gasteiger partial charge in [-0.25, -0.2) is 0 Å². The van der Waals surface area contributed by atoms with Crippen LogP contribution in [0.3, 0.4) is 0 Å². The van der Waals surface area contributed by atoms with Crippen molar-refractivity contribution in [1.82, 2.24) is 0 Å². The van der Waals surface area contributed by atoms with Crippen molar-refractivity contribution < 1.29 is 8.85 Å². The average molecular weight is 483 g/mol. The predicted molar refractivity (Wildman–Crippen MR) is 148 cm³/mol. The summed E-state index contributed by atoms with van der Waals surface area (Å²) in [6.07, 6.45) is 1.91. The Morgan fingerprint density at radius 3 is 0.853 bits per heavy atom. The van der Waals surface area contributed by atoms with Gasteiger partial charge in [-0.15, -0.1) is 0 Å². The zero-order valence-electron chi connectivity index (χ0n) is 20.2. The van der Waals surface area contributed by atoms with Crippen molar-refractivity contribution >= 4 is 36.4 Å². The second kappa shape index (κ2) is 11.6. The third-order valence-electron chi connectivity index (χ3n) is 6.26. The van der Waals surface area contributed by atoms with Gasteiger partial charge in [0.1, 0.15) is 0 Å². The summed E-state index contributed by atoms with van der Waals surface area (Å²) < 4.78 is 14.6. The van der Waals surface area contributed by atoms with Crippen LogP contribution < -0.4 is 20.7 Å². The van der Waals surface area contributed by atoms with Gasteiger partial charge in [0.2, 0.25) is 0 Å². The lowest BCUT2D eigenvalue weighted by molar-refractivity contribution is 0.296. The molecule has 0 aliphatic heterocycles. The molecule has 0 aromatic heterocycles. The van der Waals surface area contributed by atoms with Gasteiger partial charge in [-0.3, -0.25) is 0 Å². The van der Waals surface area contributed by atoms with Gasteiger partial charge in [-0.2, -0.15) is 0 Å². The Kier molecular flexibility index (Phi) is 8.30. The van der Waals surface area contributed by atoms with Crippen molar-refractivity contribution in [2.75, 3.05) is 13.2 Å². The maximum atomic E-state index is 7.30. The van der Waals surface area contributed by atoms with Crippen LogP contribution in [0.5, 0.6) is 0 Å². The molecule has 0 fully saturated rings. The summed E-state index contributed by atoms with van der Waals surface area (Å²) in [4.78, 5) is 0. The van der Waals surface area contributed by atoms with Crippen molar-refractivity contribution in [3.05, 3.63) is 121 Å². The van der Waals surface area contributed by atoms with Crippen LogP contribution in [0.4, 0.5) is 0 Å². The first-order valence-corrected chi connectivity index (χ1v) is 17.1. The van der Waals surface area contributed by atoms with Gasteiger partial charge < -0.3 is 8.85 Å². The molecule has 4 aromatic rings. The lowest BCUT2D eigenvalue weighted by atomic mass is 10.4. The molecule has 0 heterocycles. The Labute approximate surface area is 206 Å². The van der Waals surface area contributed by atoms with E-state index in [1.807, 2.05) is 0 Å². The Morgan fingerprint density at radius 1 is 0.412 bits per heavy atom. The average Bonchev–Trinajstić information content (AvgIpc) is 2.93. The van der Waals surface area contributed by atoms with E-state index in [1.54, 1.807) is 0 Å². The largest absolute Gasteiger partial charge is 0.407 e. The Morgan fingerprint density at radius 2 is 0.647 bits per heavy atom. The molecule has 0 bridgehead atoms. The molecule has 4 aromatic carbocycles. The van der Waals surface area contributed by atoms with Crippen LogP contribution in [0.25, 0.3) is 0 Å².